The number of amides is 1. The van der Waals surface area contributed by atoms with E-state index in [0.717, 1.165) is 25.7 Å². The Kier molecular flexibility index (Phi) is 4.26. The molecule has 1 fully saturated rings. The second kappa shape index (κ2) is 5.03. The maximum absolute atomic E-state index is 11.6. The van der Waals surface area contributed by atoms with Crippen LogP contribution < -0.4 is 11.1 Å². The molecule has 4 heteroatoms. The lowest BCUT2D eigenvalue weighted by atomic mass is 10.1. The van der Waals surface area contributed by atoms with E-state index in [1.54, 1.807) is 11.8 Å². The summed E-state index contributed by atoms with van der Waals surface area (Å²) >= 11 is 1.77. The molecule has 3 N–H and O–H groups in total. The SMILES string of the molecule is CCCC1(CCN)NC(=O)C(CC)S1. The van der Waals surface area contributed by atoms with Crippen LogP contribution in [0.2, 0.25) is 0 Å². The first-order chi connectivity index (χ1) is 6.67. The highest BCUT2D eigenvalue weighted by atomic mass is 32.2. The molecule has 82 valence electrons. The largest absolute Gasteiger partial charge is 0.341 e. The molecule has 0 aromatic heterocycles. The number of carbonyl (C=O) groups excluding carboxylic acids is 1. The van der Waals surface area contributed by atoms with Gasteiger partial charge in [-0.05, 0) is 25.8 Å². The Morgan fingerprint density at radius 2 is 2.21 bits per heavy atom. The molecule has 0 saturated carbocycles. The molecule has 0 aromatic carbocycles. The van der Waals surface area contributed by atoms with Crippen LogP contribution in [-0.2, 0) is 4.79 Å². The van der Waals surface area contributed by atoms with Crippen LogP contribution in [0.3, 0.4) is 0 Å². The van der Waals surface area contributed by atoms with E-state index < -0.39 is 0 Å². The standard InChI is InChI=1S/C10H20N2OS/c1-3-5-10(6-7-11)12-9(13)8(4-2)14-10/h8H,3-7,11H2,1-2H3,(H,12,13). The third-order valence-corrected chi connectivity index (χ3v) is 4.38. The highest BCUT2D eigenvalue weighted by molar-refractivity contribution is 8.02. The van der Waals surface area contributed by atoms with Crippen LogP contribution in [0.1, 0.15) is 39.5 Å². The van der Waals surface area contributed by atoms with Crippen molar-refractivity contribution in [3.63, 3.8) is 0 Å². The van der Waals surface area contributed by atoms with E-state index in [0.29, 0.717) is 6.54 Å². The molecule has 14 heavy (non-hydrogen) atoms. The fraction of sp³-hybridized carbons (Fsp3) is 0.900. The molecule has 1 amide bonds. The average Bonchev–Trinajstić information content (AvgIpc) is 2.44. The lowest BCUT2D eigenvalue weighted by Gasteiger charge is -2.27. The molecule has 0 spiro atoms. The van der Waals surface area contributed by atoms with Crippen molar-refractivity contribution in [1.82, 2.24) is 5.32 Å². The molecule has 2 unspecified atom stereocenters. The maximum atomic E-state index is 11.6. The summed E-state index contributed by atoms with van der Waals surface area (Å²) in [5.74, 6) is 0.194. The van der Waals surface area contributed by atoms with Crippen LogP contribution in [0.25, 0.3) is 0 Å². The van der Waals surface area contributed by atoms with Gasteiger partial charge in [0.25, 0.3) is 0 Å². The van der Waals surface area contributed by atoms with Crippen LogP contribution in [0.5, 0.6) is 0 Å². The predicted molar refractivity (Wildman–Crippen MR) is 61.1 cm³/mol. The zero-order valence-corrected chi connectivity index (χ0v) is 9.82. The van der Waals surface area contributed by atoms with Gasteiger partial charge in [-0.25, -0.2) is 0 Å². The minimum atomic E-state index is -0.0682. The van der Waals surface area contributed by atoms with E-state index in [1.807, 2.05) is 0 Å². The Morgan fingerprint density at radius 1 is 1.50 bits per heavy atom. The topological polar surface area (TPSA) is 55.1 Å². The van der Waals surface area contributed by atoms with Gasteiger partial charge in [-0.1, -0.05) is 20.3 Å². The maximum Gasteiger partial charge on any atom is 0.234 e. The number of carbonyl (C=O) groups is 1. The van der Waals surface area contributed by atoms with Crippen molar-refractivity contribution in [2.24, 2.45) is 5.73 Å². The van der Waals surface area contributed by atoms with Gasteiger partial charge in [0.2, 0.25) is 5.91 Å². The van der Waals surface area contributed by atoms with Crippen LogP contribution in [0.15, 0.2) is 0 Å². The van der Waals surface area contributed by atoms with Gasteiger partial charge in [0, 0.05) is 0 Å². The van der Waals surface area contributed by atoms with E-state index in [-0.39, 0.29) is 16.0 Å². The van der Waals surface area contributed by atoms with E-state index in [9.17, 15) is 4.79 Å². The molecule has 0 aliphatic carbocycles. The predicted octanol–water partition coefficient (Wildman–Crippen LogP) is 1.47. The van der Waals surface area contributed by atoms with Crippen molar-refractivity contribution in [3.8, 4) is 0 Å². The molecular weight excluding hydrogens is 196 g/mol. The summed E-state index contributed by atoms with van der Waals surface area (Å²) in [6.45, 7) is 4.84. The Morgan fingerprint density at radius 3 is 2.64 bits per heavy atom. The number of thioether (sulfide) groups is 1. The highest BCUT2D eigenvalue weighted by Gasteiger charge is 2.42. The van der Waals surface area contributed by atoms with Crippen molar-refractivity contribution in [2.45, 2.75) is 49.7 Å². The summed E-state index contributed by atoms with van der Waals surface area (Å²) in [5, 5.41) is 3.25. The molecule has 1 heterocycles. The fourth-order valence-electron chi connectivity index (χ4n) is 1.93. The van der Waals surface area contributed by atoms with E-state index in [2.05, 4.69) is 19.2 Å². The summed E-state index contributed by atoms with van der Waals surface area (Å²) in [4.78, 5) is 11.5. The smallest absolute Gasteiger partial charge is 0.234 e. The molecule has 2 atom stereocenters. The first-order valence-corrected chi connectivity index (χ1v) is 6.25. The molecule has 0 bridgehead atoms. The number of hydrogen-bond donors (Lipinski definition) is 2. The first kappa shape index (κ1) is 11.9. The van der Waals surface area contributed by atoms with Gasteiger partial charge >= 0.3 is 0 Å². The zero-order valence-electron chi connectivity index (χ0n) is 9.01. The van der Waals surface area contributed by atoms with Crippen molar-refractivity contribution < 1.29 is 4.79 Å². The second-order valence-corrected chi connectivity index (χ2v) is 5.37. The van der Waals surface area contributed by atoms with E-state index in [4.69, 9.17) is 5.73 Å². The molecule has 1 aliphatic heterocycles. The van der Waals surface area contributed by atoms with Gasteiger partial charge < -0.3 is 11.1 Å². The molecule has 1 saturated heterocycles. The number of nitrogens with one attached hydrogen (secondary N) is 1. The average molecular weight is 216 g/mol. The molecule has 1 aliphatic rings. The van der Waals surface area contributed by atoms with E-state index in [1.165, 1.54) is 0 Å². The van der Waals surface area contributed by atoms with Gasteiger partial charge in [0.15, 0.2) is 0 Å². The second-order valence-electron chi connectivity index (χ2n) is 3.79. The van der Waals surface area contributed by atoms with Crippen LogP contribution in [0, 0.1) is 0 Å². The third-order valence-electron chi connectivity index (χ3n) is 2.58. The summed E-state index contributed by atoms with van der Waals surface area (Å²) < 4.78 is 0. The van der Waals surface area contributed by atoms with Crippen molar-refractivity contribution in [2.75, 3.05) is 6.54 Å². The minimum Gasteiger partial charge on any atom is -0.341 e. The lowest BCUT2D eigenvalue weighted by molar-refractivity contribution is -0.120. The lowest BCUT2D eigenvalue weighted by Crippen LogP contribution is -2.41. The highest BCUT2D eigenvalue weighted by Crippen LogP contribution is 2.40. The number of nitrogens with two attached hydrogens (primary N) is 1. The summed E-state index contributed by atoms with van der Waals surface area (Å²) in [5.41, 5.74) is 5.59. The molecule has 3 nitrogen and oxygen atoms in total. The van der Waals surface area contributed by atoms with Gasteiger partial charge in [0.1, 0.15) is 0 Å². The van der Waals surface area contributed by atoms with Gasteiger partial charge in [-0.15, -0.1) is 11.8 Å². The molecular formula is C10H20N2OS. The zero-order chi connectivity index (χ0) is 10.6. The van der Waals surface area contributed by atoms with Crippen LogP contribution in [0.4, 0.5) is 0 Å². The Labute approximate surface area is 90.2 Å². The monoisotopic (exact) mass is 216 g/mol. The minimum absolute atomic E-state index is 0.0682. The Hall–Kier alpha value is -0.220. The quantitative estimate of drug-likeness (QED) is 0.732. The summed E-state index contributed by atoms with van der Waals surface area (Å²) in [7, 11) is 0. The van der Waals surface area contributed by atoms with E-state index >= 15 is 0 Å². The Balaban J connectivity index is 2.66. The van der Waals surface area contributed by atoms with Gasteiger partial charge in [0.05, 0.1) is 10.1 Å². The fourth-order valence-corrected chi connectivity index (χ4v) is 3.53. The first-order valence-electron chi connectivity index (χ1n) is 5.37. The van der Waals surface area contributed by atoms with Gasteiger partial charge in [-0.2, -0.15) is 0 Å². The Bertz CT molecular complexity index is 202. The van der Waals surface area contributed by atoms with Crippen molar-refractivity contribution in [1.29, 1.82) is 0 Å². The van der Waals surface area contributed by atoms with Crippen LogP contribution in [-0.4, -0.2) is 22.6 Å². The molecule has 0 aromatic rings. The molecule has 0 radical (unpaired) electrons. The number of hydrogen-bond acceptors (Lipinski definition) is 3. The number of rotatable bonds is 5. The molecule has 1 rings (SSSR count). The summed E-state index contributed by atoms with van der Waals surface area (Å²) in [6.07, 6.45) is 3.90. The van der Waals surface area contributed by atoms with Gasteiger partial charge in [-0.3, -0.25) is 4.79 Å². The van der Waals surface area contributed by atoms with Crippen molar-refractivity contribution in [3.05, 3.63) is 0 Å². The third kappa shape index (κ3) is 2.42. The summed E-state index contributed by atoms with van der Waals surface area (Å²) in [6, 6.07) is 0. The normalized spacial score (nSPS) is 31.9. The van der Waals surface area contributed by atoms with Crippen molar-refractivity contribution >= 4 is 17.7 Å². The van der Waals surface area contributed by atoms with Crippen LogP contribution >= 0.6 is 11.8 Å².